The minimum atomic E-state index is 0.777. The number of aryl methyl sites for hydroxylation is 1. The van der Waals surface area contributed by atoms with Gasteiger partial charge in [0.15, 0.2) is 6.29 Å². The van der Waals surface area contributed by atoms with Crippen molar-refractivity contribution in [3.63, 3.8) is 0 Å². The molecule has 0 spiro atoms. The first-order chi connectivity index (χ1) is 9.72. The van der Waals surface area contributed by atoms with Crippen LogP contribution in [-0.2, 0) is 0 Å². The standard InChI is InChI=1S/C17H20N2O/c1-13-11-15(12-20)14(2)19(13)17-8-4-3-7-16(17)18-9-5-6-10-18/h3-4,7-8,11-12H,5-6,9-10H2,1-2H3. The van der Waals surface area contributed by atoms with Crippen LogP contribution in [0.3, 0.4) is 0 Å². The average Bonchev–Trinajstić information content (AvgIpc) is 3.07. The number of aldehydes is 1. The minimum absolute atomic E-state index is 0.777. The minimum Gasteiger partial charge on any atom is -0.370 e. The molecule has 20 heavy (non-hydrogen) atoms. The zero-order valence-electron chi connectivity index (χ0n) is 12.1. The van der Waals surface area contributed by atoms with Crippen molar-refractivity contribution in [3.8, 4) is 5.69 Å². The number of hydrogen-bond donors (Lipinski definition) is 0. The van der Waals surface area contributed by atoms with Gasteiger partial charge in [0.05, 0.1) is 11.4 Å². The highest BCUT2D eigenvalue weighted by Gasteiger charge is 2.18. The number of hydrogen-bond acceptors (Lipinski definition) is 2. The van der Waals surface area contributed by atoms with Crippen molar-refractivity contribution in [1.29, 1.82) is 0 Å². The van der Waals surface area contributed by atoms with E-state index in [1.807, 2.05) is 13.0 Å². The Balaban J connectivity index is 2.15. The van der Waals surface area contributed by atoms with Crippen LogP contribution in [0.5, 0.6) is 0 Å². The first-order valence-corrected chi connectivity index (χ1v) is 7.21. The maximum atomic E-state index is 11.1. The van der Waals surface area contributed by atoms with Crippen molar-refractivity contribution < 1.29 is 4.79 Å². The highest BCUT2D eigenvalue weighted by molar-refractivity contribution is 5.78. The monoisotopic (exact) mass is 268 g/mol. The molecule has 3 nitrogen and oxygen atoms in total. The smallest absolute Gasteiger partial charge is 0.151 e. The van der Waals surface area contributed by atoms with Crippen LogP contribution in [0.2, 0.25) is 0 Å². The molecule has 0 unspecified atom stereocenters. The number of carbonyl (C=O) groups excluding carboxylic acids is 1. The van der Waals surface area contributed by atoms with Crippen LogP contribution in [0.4, 0.5) is 5.69 Å². The van der Waals surface area contributed by atoms with E-state index >= 15 is 0 Å². The van der Waals surface area contributed by atoms with E-state index in [9.17, 15) is 4.79 Å². The molecule has 1 aliphatic rings. The second kappa shape index (κ2) is 5.16. The third-order valence-electron chi connectivity index (χ3n) is 4.17. The second-order valence-corrected chi connectivity index (χ2v) is 5.46. The van der Waals surface area contributed by atoms with Gasteiger partial charge in [-0.15, -0.1) is 0 Å². The van der Waals surface area contributed by atoms with Crippen LogP contribution >= 0.6 is 0 Å². The lowest BCUT2D eigenvalue weighted by molar-refractivity contribution is 0.112. The first-order valence-electron chi connectivity index (χ1n) is 7.21. The first kappa shape index (κ1) is 13.0. The van der Waals surface area contributed by atoms with E-state index in [1.54, 1.807) is 0 Å². The number of carbonyl (C=O) groups is 1. The van der Waals surface area contributed by atoms with E-state index in [1.165, 1.54) is 24.2 Å². The highest BCUT2D eigenvalue weighted by atomic mass is 16.1. The Morgan fingerprint density at radius 1 is 1.05 bits per heavy atom. The molecule has 1 aromatic heterocycles. The predicted molar refractivity (Wildman–Crippen MR) is 82.1 cm³/mol. The van der Waals surface area contributed by atoms with Crippen molar-refractivity contribution in [2.75, 3.05) is 18.0 Å². The number of nitrogens with zero attached hydrogens (tertiary/aromatic N) is 2. The van der Waals surface area contributed by atoms with Crippen LogP contribution in [0, 0.1) is 13.8 Å². The molecule has 1 aromatic carbocycles. The fraction of sp³-hybridized carbons (Fsp3) is 0.353. The third-order valence-corrected chi connectivity index (χ3v) is 4.17. The molecule has 3 rings (SSSR count). The van der Waals surface area contributed by atoms with Crippen molar-refractivity contribution in [2.24, 2.45) is 0 Å². The van der Waals surface area contributed by atoms with Gasteiger partial charge in [-0.25, -0.2) is 0 Å². The maximum absolute atomic E-state index is 11.1. The van der Waals surface area contributed by atoms with Gasteiger partial charge in [0.1, 0.15) is 0 Å². The molecule has 0 saturated carbocycles. The molecular weight excluding hydrogens is 248 g/mol. The molecule has 1 saturated heterocycles. The molecule has 1 fully saturated rings. The molecule has 0 atom stereocenters. The lowest BCUT2D eigenvalue weighted by Gasteiger charge is -2.23. The summed E-state index contributed by atoms with van der Waals surface area (Å²) < 4.78 is 2.19. The Kier molecular flexibility index (Phi) is 3.35. The van der Waals surface area contributed by atoms with Crippen LogP contribution in [0.1, 0.15) is 34.6 Å². The summed E-state index contributed by atoms with van der Waals surface area (Å²) in [4.78, 5) is 13.6. The number of anilines is 1. The van der Waals surface area contributed by atoms with E-state index in [2.05, 4.69) is 40.7 Å². The zero-order chi connectivity index (χ0) is 14.1. The second-order valence-electron chi connectivity index (χ2n) is 5.46. The maximum Gasteiger partial charge on any atom is 0.151 e. The average molecular weight is 268 g/mol. The predicted octanol–water partition coefficient (Wildman–Crippen LogP) is 3.51. The molecule has 0 N–H and O–H groups in total. The van der Waals surface area contributed by atoms with E-state index in [-0.39, 0.29) is 0 Å². The van der Waals surface area contributed by atoms with Gasteiger partial charge in [-0.1, -0.05) is 12.1 Å². The fourth-order valence-electron chi connectivity index (χ4n) is 3.16. The lowest BCUT2D eigenvalue weighted by atomic mass is 10.2. The number of aromatic nitrogens is 1. The third kappa shape index (κ3) is 2.03. The number of benzene rings is 1. The molecule has 0 bridgehead atoms. The summed E-state index contributed by atoms with van der Waals surface area (Å²) in [5.41, 5.74) is 5.35. The van der Waals surface area contributed by atoms with Gasteiger partial charge in [0, 0.05) is 30.0 Å². The van der Waals surface area contributed by atoms with Crippen LogP contribution in [0.25, 0.3) is 5.69 Å². The Hall–Kier alpha value is -2.03. The van der Waals surface area contributed by atoms with Gasteiger partial charge in [-0.05, 0) is 44.9 Å². The SMILES string of the molecule is Cc1cc(C=O)c(C)n1-c1ccccc1N1CCCC1. The summed E-state index contributed by atoms with van der Waals surface area (Å²) in [6.07, 6.45) is 3.46. The molecule has 0 aliphatic carbocycles. The topological polar surface area (TPSA) is 25.2 Å². The summed E-state index contributed by atoms with van der Waals surface area (Å²) >= 11 is 0. The zero-order valence-corrected chi connectivity index (χ0v) is 12.1. The van der Waals surface area contributed by atoms with Gasteiger partial charge in [-0.2, -0.15) is 0 Å². The van der Waals surface area contributed by atoms with Crippen LogP contribution < -0.4 is 4.90 Å². The van der Waals surface area contributed by atoms with E-state index in [0.29, 0.717) is 0 Å². The Bertz CT molecular complexity index is 636. The molecule has 0 radical (unpaired) electrons. The fourth-order valence-corrected chi connectivity index (χ4v) is 3.16. The van der Waals surface area contributed by atoms with Crippen molar-refractivity contribution in [2.45, 2.75) is 26.7 Å². The molecule has 3 heteroatoms. The van der Waals surface area contributed by atoms with Crippen LogP contribution in [-0.4, -0.2) is 23.9 Å². The van der Waals surface area contributed by atoms with E-state index in [4.69, 9.17) is 0 Å². The van der Waals surface area contributed by atoms with E-state index in [0.717, 1.165) is 36.3 Å². The van der Waals surface area contributed by atoms with Crippen molar-refractivity contribution in [3.05, 3.63) is 47.3 Å². The largest absolute Gasteiger partial charge is 0.370 e. The lowest BCUT2D eigenvalue weighted by Crippen LogP contribution is -2.20. The Labute approximate surface area is 119 Å². The molecule has 104 valence electrons. The Morgan fingerprint density at radius 2 is 1.70 bits per heavy atom. The summed E-state index contributed by atoms with van der Waals surface area (Å²) in [6, 6.07) is 10.4. The molecule has 2 heterocycles. The van der Waals surface area contributed by atoms with Crippen molar-refractivity contribution >= 4 is 12.0 Å². The summed E-state index contributed by atoms with van der Waals surface area (Å²) in [7, 11) is 0. The Morgan fingerprint density at radius 3 is 2.30 bits per heavy atom. The number of rotatable bonds is 3. The molecular formula is C17H20N2O. The van der Waals surface area contributed by atoms with Gasteiger partial charge >= 0.3 is 0 Å². The normalized spacial score (nSPS) is 14.8. The number of para-hydroxylation sites is 2. The molecule has 0 amide bonds. The van der Waals surface area contributed by atoms with Crippen LogP contribution in [0.15, 0.2) is 30.3 Å². The summed E-state index contributed by atoms with van der Waals surface area (Å²) in [5.74, 6) is 0. The highest BCUT2D eigenvalue weighted by Crippen LogP contribution is 2.30. The summed E-state index contributed by atoms with van der Waals surface area (Å²) in [6.45, 7) is 6.31. The van der Waals surface area contributed by atoms with Gasteiger partial charge in [0.2, 0.25) is 0 Å². The van der Waals surface area contributed by atoms with Gasteiger partial charge < -0.3 is 9.47 Å². The molecule has 1 aliphatic heterocycles. The molecule has 2 aromatic rings. The van der Waals surface area contributed by atoms with Gasteiger partial charge in [0.25, 0.3) is 0 Å². The quantitative estimate of drug-likeness (QED) is 0.796. The summed E-state index contributed by atoms with van der Waals surface area (Å²) in [5, 5.41) is 0. The van der Waals surface area contributed by atoms with Crippen molar-refractivity contribution in [1.82, 2.24) is 4.57 Å². The van der Waals surface area contributed by atoms with E-state index < -0.39 is 0 Å². The van der Waals surface area contributed by atoms with Gasteiger partial charge in [-0.3, -0.25) is 4.79 Å².